The minimum absolute atomic E-state index is 0.0863. The molecule has 0 aromatic heterocycles. The van der Waals surface area contributed by atoms with E-state index in [4.69, 9.17) is 9.05 Å². The highest BCUT2D eigenvalue weighted by Gasteiger charge is 2.35. The number of para-hydroxylation sites is 1. The molecule has 3 aromatic rings. The van der Waals surface area contributed by atoms with Gasteiger partial charge in [0.05, 0.1) is 10.9 Å². The summed E-state index contributed by atoms with van der Waals surface area (Å²) in [5.74, 6) is 0.658. The average molecular weight is 543 g/mol. The Hall–Kier alpha value is -3.29. The van der Waals surface area contributed by atoms with Crippen LogP contribution in [0.25, 0.3) is 0 Å². The van der Waals surface area contributed by atoms with Crippen molar-refractivity contribution in [3.8, 4) is 11.5 Å². The first kappa shape index (κ1) is 26.8. The Bertz CT molecular complexity index is 1370. The summed E-state index contributed by atoms with van der Waals surface area (Å²) >= 11 is 0. The number of aryl methyl sites for hydroxylation is 2. The number of amides is 2. The van der Waals surface area contributed by atoms with Crippen molar-refractivity contribution in [2.75, 3.05) is 5.32 Å². The molecule has 0 bridgehead atoms. The van der Waals surface area contributed by atoms with Crippen molar-refractivity contribution in [2.24, 2.45) is 0 Å². The van der Waals surface area contributed by atoms with Crippen LogP contribution in [0.15, 0.2) is 72.8 Å². The van der Waals surface area contributed by atoms with E-state index in [9.17, 15) is 17.8 Å². The predicted octanol–water partition coefficient (Wildman–Crippen LogP) is 6.06. The van der Waals surface area contributed by atoms with Crippen LogP contribution in [0.1, 0.15) is 43.2 Å². The second-order valence-corrected chi connectivity index (χ2v) is 13.0. The van der Waals surface area contributed by atoms with Crippen molar-refractivity contribution in [1.82, 2.24) is 4.72 Å². The maximum atomic E-state index is 14.4. The van der Waals surface area contributed by atoms with E-state index in [-0.39, 0.29) is 11.0 Å². The highest BCUT2D eigenvalue weighted by molar-refractivity contribution is 7.90. The highest BCUT2D eigenvalue weighted by atomic mass is 32.2. The standard InChI is InChI=1S/C27H31N2O6PS/c1-20-10-8-12-22(18-20)34-36(31,35-23-13-9-11-21(2)19-23)26-17-7-6-16-25(26)28-27(30)29-37(32,33)24-14-4-3-5-15-24/h6-13,16-19,24H,3-5,14-15H2,1-2H3,(H2,28,29,30). The lowest BCUT2D eigenvalue weighted by molar-refractivity contribution is 0.256. The van der Waals surface area contributed by atoms with E-state index >= 15 is 0 Å². The lowest BCUT2D eigenvalue weighted by Crippen LogP contribution is -2.42. The van der Waals surface area contributed by atoms with Gasteiger partial charge < -0.3 is 14.4 Å². The van der Waals surface area contributed by atoms with Crippen LogP contribution < -0.4 is 24.4 Å². The molecule has 0 atom stereocenters. The number of hydrogen-bond donors (Lipinski definition) is 2. The number of urea groups is 1. The summed E-state index contributed by atoms with van der Waals surface area (Å²) in [4.78, 5) is 12.8. The zero-order valence-corrected chi connectivity index (χ0v) is 22.6. The molecule has 37 heavy (non-hydrogen) atoms. The molecule has 2 amide bonds. The Labute approximate surface area is 218 Å². The fraction of sp³-hybridized carbons (Fsp3) is 0.296. The van der Waals surface area contributed by atoms with Gasteiger partial charge in [0.2, 0.25) is 10.0 Å². The van der Waals surface area contributed by atoms with E-state index in [1.165, 1.54) is 12.1 Å². The summed E-state index contributed by atoms with van der Waals surface area (Å²) in [7, 11) is -7.97. The van der Waals surface area contributed by atoms with Crippen LogP contribution in [0.4, 0.5) is 10.5 Å². The molecular weight excluding hydrogens is 511 g/mol. The lowest BCUT2D eigenvalue weighted by atomic mass is 10.0. The quantitative estimate of drug-likeness (QED) is 0.335. The fourth-order valence-electron chi connectivity index (χ4n) is 4.29. The van der Waals surface area contributed by atoms with Crippen LogP contribution >= 0.6 is 7.60 Å². The van der Waals surface area contributed by atoms with Crippen molar-refractivity contribution in [3.05, 3.63) is 83.9 Å². The molecule has 8 nitrogen and oxygen atoms in total. The summed E-state index contributed by atoms with van der Waals surface area (Å²) in [6, 6.07) is 19.5. The number of hydrogen-bond acceptors (Lipinski definition) is 6. The van der Waals surface area contributed by atoms with E-state index in [2.05, 4.69) is 10.0 Å². The van der Waals surface area contributed by atoms with Gasteiger partial charge in [-0.2, -0.15) is 0 Å². The minimum Gasteiger partial charge on any atom is -0.413 e. The molecule has 0 aliphatic heterocycles. The van der Waals surface area contributed by atoms with E-state index in [0.29, 0.717) is 24.3 Å². The molecular formula is C27H31N2O6PS. The molecule has 0 saturated heterocycles. The molecule has 3 aromatic carbocycles. The molecule has 0 radical (unpaired) electrons. The van der Waals surface area contributed by atoms with Gasteiger partial charge in [-0.1, -0.05) is 55.7 Å². The van der Waals surface area contributed by atoms with Crippen molar-refractivity contribution in [3.63, 3.8) is 0 Å². The topological polar surface area (TPSA) is 111 Å². The summed E-state index contributed by atoms with van der Waals surface area (Å²) in [6.07, 6.45) is 3.65. The van der Waals surface area contributed by atoms with Crippen LogP contribution in [-0.4, -0.2) is 19.7 Å². The predicted molar refractivity (Wildman–Crippen MR) is 145 cm³/mol. The van der Waals surface area contributed by atoms with E-state index in [0.717, 1.165) is 30.4 Å². The van der Waals surface area contributed by atoms with Gasteiger partial charge in [0.1, 0.15) is 16.8 Å². The van der Waals surface area contributed by atoms with Gasteiger partial charge in [0, 0.05) is 0 Å². The van der Waals surface area contributed by atoms with Gasteiger partial charge in [0.15, 0.2) is 0 Å². The molecule has 1 saturated carbocycles. The van der Waals surface area contributed by atoms with Crippen LogP contribution in [0.2, 0.25) is 0 Å². The lowest BCUT2D eigenvalue weighted by Gasteiger charge is -2.24. The van der Waals surface area contributed by atoms with Crippen molar-refractivity contribution < 1.29 is 26.8 Å². The Balaban J connectivity index is 1.65. The molecule has 0 unspecified atom stereocenters. The van der Waals surface area contributed by atoms with Gasteiger partial charge in [-0.3, -0.25) is 0 Å². The SMILES string of the molecule is Cc1cccc(OP(=O)(Oc2cccc(C)c2)c2ccccc2NC(=O)NS(=O)(=O)C2CCCCC2)c1. The maximum absolute atomic E-state index is 14.4. The molecule has 1 aliphatic carbocycles. The fourth-order valence-corrected chi connectivity index (χ4v) is 7.43. The van der Waals surface area contributed by atoms with Crippen LogP contribution in [0.5, 0.6) is 11.5 Å². The Morgan fingerprint density at radius 1 is 0.838 bits per heavy atom. The van der Waals surface area contributed by atoms with E-state index in [1.54, 1.807) is 48.5 Å². The van der Waals surface area contributed by atoms with Crippen LogP contribution in [0.3, 0.4) is 0 Å². The zero-order valence-electron chi connectivity index (χ0n) is 20.8. The first-order chi connectivity index (χ1) is 17.6. The summed E-state index contributed by atoms with van der Waals surface area (Å²) < 4.78 is 53.9. The number of sulfonamides is 1. The van der Waals surface area contributed by atoms with Crippen LogP contribution in [0, 0.1) is 13.8 Å². The molecule has 196 valence electrons. The van der Waals surface area contributed by atoms with Gasteiger partial charge in [-0.25, -0.2) is 22.5 Å². The third kappa shape index (κ3) is 6.93. The Kier molecular flexibility index (Phi) is 8.25. The zero-order chi connectivity index (χ0) is 26.5. The molecule has 2 N–H and O–H groups in total. The number of benzene rings is 3. The first-order valence-electron chi connectivity index (χ1n) is 12.2. The van der Waals surface area contributed by atoms with Gasteiger partial charge >= 0.3 is 13.6 Å². The maximum Gasteiger partial charge on any atom is 0.464 e. The van der Waals surface area contributed by atoms with Gasteiger partial charge in [-0.05, 0) is 74.2 Å². The second-order valence-electron chi connectivity index (χ2n) is 9.19. The summed E-state index contributed by atoms with van der Waals surface area (Å²) in [5, 5.41) is 2.02. The van der Waals surface area contributed by atoms with Crippen molar-refractivity contribution >= 4 is 34.6 Å². The first-order valence-corrected chi connectivity index (χ1v) is 15.3. The molecule has 0 spiro atoms. The third-order valence-corrected chi connectivity index (χ3v) is 9.80. The smallest absolute Gasteiger partial charge is 0.413 e. The highest BCUT2D eigenvalue weighted by Crippen LogP contribution is 2.49. The number of carbonyl (C=O) groups is 1. The minimum atomic E-state index is -4.12. The van der Waals surface area contributed by atoms with E-state index < -0.39 is 28.9 Å². The van der Waals surface area contributed by atoms with E-state index in [1.807, 2.05) is 26.0 Å². The normalized spacial score (nSPS) is 14.5. The molecule has 1 aliphatic rings. The van der Waals surface area contributed by atoms with Crippen molar-refractivity contribution in [2.45, 2.75) is 51.2 Å². The van der Waals surface area contributed by atoms with Gasteiger partial charge in [-0.15, -0.1) is 0 Å². The molecule has 10 heteroatoms. The average Bonchev–Trinajstić information content (AvgIpc) is 2.84. The van der Waals surface area contributed by atoms with Crippen molar-refractivity contribution in [1.29, 1.82) is 0 Å². The Morgan fingerprint density at radius 3 is 1.97 bits per heavy atom. The summed E-state index contributed by atoms with van der Waals surface area (Å²) in [5.41, 5.74) is 1.92. The molecule has 1 fully saturated rings. The summed E-state index contributed by atoms with van der Waals surface area (Å²) in [6.45, 7) is 3.76. The second kappa shape index (κ2) is 11.4. The number of anilines is 1. The number of carbonyl (C=O) groups excluding carboxylic acids is 1. The monoisotopic (exact) mass is 542 g/mol. The molecule has 0 heterocycles. The van der Waals surface area contributed by atoms with Gasteiger partial charge in [0.25, 0.3) is 0 Å². The van der Waals surface area contributed by atoms with Crippen LogP contribution in [-0.2, 0) is 14.6 Å². The Morgan fingerprint density at radius 2 is 1.41 bits per heavy atom. The third-order valence-electron chi connectivity index (χ3n) is 6.10. The largest absolute Gasteiger partial charge is 0.464 e. The number of rotatable bonds is 8. The molecule has 4 rings (SSSR count). The number of nitrogens with one attached hydrogen (secondary N) is 2.